The molecule has 1 fully saturated rings. The molecule has 0 bridgehead atoms. The molecular weight excluding hydrogens is 232 g/mol. The van der Waals surface area contributed by atoms with Crippen molar-refractivity contribution in [1.82, 2.24) is 10.2 Å². The molecule has 8 heteroatoms. The Balaban J connectivity index is 2.13. The molecule has 5 N–H and O–H groups in total. The van der Waals surface area contributed by atoms with E-state index in [9.17, 15) is 20.1 Å². The van der Waals surface area contributed by atoms with Crippen LogP contribution < -0.4 is 5.32 Å². The average molecular weight is 246 g/mol. The smallest absolute Gasteiger partial charge is 0.248 e. The number of nitrogens with one attached hydrogen (secondary N) is 1. The van der Waals surface area contributed by atoms with Crippen molar-refractivity contribution in [2.75, 3.05) is 6.61 Å². The summed E-state index contributed by atoms with van der Waals surface area (Å²) in [5.41, 5.74) is 0. The van der Waals surface area contributed by atoms with E-state index in [4.69, 9.17) is 9.84 Å². The van der Waals surface area contributed by atoms with E-state index in [0.29, 0.717) is 0 Å². The van der Waals surface area contributed by atoms with Crippen LogP contribution in [0.15, 0.2) is 12.3 Å². The molecule has 2 aliphatic rings. The molecule has 0 aromatic rings. The van der Waals surface area contributed by atoms with Crippen molar-refractivity contribution in [2.24, 2.45) is 0 Å². The average Bonchev–Trinajstić information content (AvgIpc) is 2.57. The summed E-state index contributed by atoms with van der Waals surface area (Å²) in [5, 5.41) is 39.9. The van der Waals surface area contributed by atoms with Gasteiger partial charge in [-0.2, -0.15) is 0 Å². The molecule has 8 nitrogen and oxygen atoms in total. The Morgan fingerprint density at radius 2 is 2.06 bits per heavy atom. The van der Waals surface area contributed by atoms with Crippen LogP contribution in [-0.2, 0) is 9.53 Å². The van der Waals surface area contributed by atoms with Gasteiger partial charge in [0.1, 0.15) is 18.3 Å². The summed E-state index contributed by atoms with van der Waals surface area (Å²) < 4.78 is 5.19. The number of aliphatic hydroxyl groups excluding tert-OH is 4. The number of hydrogen-bond acceptors (Lipinski definition) is 7. The minimum atomic E-state index is -1.35. The van der Waals surface area contributed by atoms with Gasteiger partial charge in [0.05, 0.1) is 6.61 Å². The molecule has 2 heterocycles. The minimum absolute atomic E-state index is 0.450. The van der Waals surface area contributed by atoms with Gasteiger partial charge in [-0.1, -0.05) is 0 Å². The van der Waals surface area contributed by atoms with E-state index in [1.54, 1.807) is 0 Å². The highest BCUT2D eigenvalue weighted by molar-refractivity contribution is 5.88. The van der Waals surface area contributed by atoms with Crippen molar-refractivity contribution in [1.29, 1.82) is 0 Å². The molecule has 0 aliphatic carbocycles. The van der Waals surface area contributed by atoms with Gasteiger partial charge < -0.3 is 35.4 Å². The summed E-state index contributed by atoms with van der Waals surface area (Å²) in [6, 6.07) is 0. The van der Waals surface area contributed by atoms with Gasteiger partial charge in [0.25, 0.3) is 0 Å². The van der Waals surface area contributed by atoms with E-state index in [-0.39, 0.29) is 0 Å². The van der Waals surface area contributed by atoms with Crippen LogP contribution in [0.4, 0.5) is 0 Å². The van der Waals surface area contributed by atoms with Gasteiger partial charge in [-0.25, -0.2) is 0 Å². The van der Waals surface area contributed by atoms with Gasteiger partial charge in [0, 0.05) is 12.3 Å². The first-order valence-corrected chi connectivity index (χ1v) is 5.11. The van der Waals surface area contributed by atoms with Crippen LogP contribution in [0, 0.1) is 0 Å². The minimum Gasteiger partial charge on any atom is -0.394 e. The lowest BCUT2D eigenvalue weighted by molar-refractivity contribution is -0.153. The van der Waals surface area contributed by atoms with Crippen molar-refractivity contribution < 1.29 is 30.0 Å². The van der Waals surface area contributed by atoms with Gasteiger partial charge in [-0.15, -0.1) is 0 Å². The Bertz CT molecular complexity index is 335. The molecule has 0 aromatic carbocycles. The SMILES string of the molecule is O=C1C=CN([C@@H]2OC(CO)C(O)C2O)C(O)N1. The predicted octanol–water partition coefficient (Wildman–Crippen LogP) is -3.35. The van der Waals surface area contributed by atoms with Crippen LogP contribution in [0.5, 0.6) is 0 Å². The summed E-state index contributed by atoms with van der Waals surface area (Å²) in [5.74, 6) is -0.472. The molecular formula is C9H14N2O6. The van der Waals surface area contributed by atoms with Crippen molar-refractivity contribution in [3.63, 3.8) is 0 Å². The second-order valence-corrected chi connectivity index (χ2v) is 3.87. The highest BCUT2D eigenvalue weighted by Gasteiger charge is 2.46. The van der Waals surface area contributed by atoms with Crippen LogP contribution in [0.1, 0.15) is 0 Å². The molecule has 17 heavy (non-hydrogen) atoms. The standard InChI is InChI=1S/C9H14N2O6/c12-3-4-6(14)7(15)8(17-4)11-2-1-5(13)10-9(11)16/h1-2,4,6-9,12,14-16H,3H2,(H,10,13)/t4?,6?,7?,8-,9?/m1/s1. The Labute approximate surface area is 96.7 Å². The number of ether oxygens (including phenoxy) is 1. The van der Waals surface area contributed by atoms with E-state index in [1.807, 2.05) is 0 Å². The third kappa shape index (κ3) is 2.13. The summed E-state index contributed by atoms with van der Waals surface area (Å²) in [7, 11) is 0. The fourth-order valence-corrected chi connectivity index (χ4v) is 1.84. The second kappa shape index (κ2) is 4.59. The Morgan fingerprint density at radius 1 is 1.35 bits per heavy atom. The predicted molar refractivity (Wildman–Crippen MR) is 52.9 cm³/mol. The highest BCUT2D eigenvalue weighted by Crippen LogP contribution is 2.25. The summed E-state index contributed by atoms with van der Waals surface area (Å²) >= 11 is 0. The Kier molecular flexibility index (Phi) is 3.31. The largest absolute Gasteiger partial charge is 0.394 e. The number of carbonyl (C=O) groups is 1. The Hall–Kier alpha value is -1.19. The number of rotatable bonds is 2. The van der Waals surface area contributed by atoms with Crippen LogP contribution in [0.25, 0.3) is 0 Å². The van der Waals surface area contributed by atoms with Gasteiger partial charge in [0.15, 0.2) is 6.23 Å². The summed E-state index contributed by atoms with van der Waals surface area (Å²) in [6.45, 7) is -0.450. The monoisotopic (exact) mass is 246 g/mol. The van der Waals surface area contributed by atoms with Crippen LogP contribution in [0.3, 0.4) is 0 Å². The summed E-state index contributed by atoms with van der Waals surface area (Å²) in [6.07, 6.45) is -3.44. The van der Waals surface area contributed by atoms with Crippen molar-refractivity contribution in [2.45, 2.75) is 30.9 Å². The fourth-order valence-electron chi connectivity index (χ4n) is 1.84. The van der Waals surface area contributed by atoms with E-state index in [1.165, 1.54) is 6.20 Å². The molecule has 1 saturated heterocycles. The molecule has 0 saturated carbocycles. The topological polar surface area (TPSA) is 122 Å². The van der Waals surface area contributed by atoms with E-state index in [0.717, 1.165) is 11.0 Å². The first-order chi connectivity index (χ1) is 8.04. The Morgan fingerprint density at radius 3 is 2.59 bits per heavy atom. The van der Waals surface area contributed by atoms with Crippen LogP contribution >= 0.6 is 0 Å². The second-order valence-electron chi connectivity index (χ2n) is 3.87. The fraction of sp³-hybridized carbons (Fsp3) is 0.667. The highest BCUT2D eigenvalue weighted by atomic mass is 16.6. The number of hydrogen-bond donors (Lipinski definition) is 5. The maximum atomic E-state index is 10.9. The molecule has 2 rings (SSSR count). The van der Waals surface area contributed by atoms with Gasteiger partial charge >= 0.3 is 0 Å². The summed E-state index contributed by atoms with van der Waals surface area (Å²) in [4.78, 5) is 12.1. The number of aliphatic hydroxyl groups is 4. The van der Waals surface area contributed by atoms with Crippen LogP contribution in [0.2, 0.25) is 0 Å². The molecule has 1 amide bonds. The molecule has 0 radical (unpaired) electrons. The maximum Gasteiger partial charge on any atom is 0.248 e. The van der Waals surface area contributed by atoms with Crippen molar-refractivity contribution >= 4 is 5.91 Å². The van der Waals surface area contributed by atoms with Crippen molar-refractivity contribution in [3.05, 3.63) is 12.3 Å². The van der Waals surface area contributed by atoms with Gasteiger partial charge in [-0.05, 0) is 0 Å². The zero-order chi connectivity index (χ0) is 12.6. The molecule has 4 unspecified atom stereocenters. The van der Waals surface area contributed by atoms with Gasteiger partial charge in [-0.3, -0.25) is 4.79 Å². The third-order valence-electron chi connectivity index (χ3n) is 2.76. The molecule has 0 spiro atoms. The number of amides is 1. The quantitative estimate of drug-likeness (QED) is 0.345. The van der Waals surface area contributed by atoms with Crippen molar-refractivity contribution in [3.8, 4) is 0 Å². The zero-order valence-electron chi connectivity index (χ0n) is 8.80. The first kappa shape index (κ1) is 12.3. The molecule has 2 aliphatic heterocycles. The van der Waals surface area contributed by atoms with E-state index >= 15 is 0 Å². The molecule has 0 aromatic heterocycles. The maximum absolute atomic E-state index is 10.9. The third-order valence-corrected chi connectivity index (χ3v) is 2.76. The number of carbonyl (C=O) groups excluding carboxylic acids is 1. The zero-order valence-corrected chi connectivity index (χ0v) is 8.80. The number of nitrogens with zero attached hydrogens (tertiary/aromatic N) is 1. The normalized spacial score (nSPS) is 41.8. The van der Waals surface area contributed by atoms with Gasteiger partial charge in [0.2, 0.25) is 12.3 Å². The van der Waals surface area contributed by atoms with Crippen LogP contribution in [-0.4, -0.2) is 68.7 Å². The lowest BCUT2D eigenvalue weighted by Gasteiger charge is -2.35. The van der Waals surface area contributed by atoms with E-state index < -0.39 is 43.4 Å². The molecule has 96 valence electrons. The first-order valence-electron chi connectivity index (χ1n) is 5.11. The van der Waals surface area contributed by atoms with E-state index in [2.05, 4.69) is 5.32 Å². The molecule has 5 atom stereocenters. The lowest BCUT2D eigenvalue weighted by atomic mass is 10.1. The lowest BCUT2D eigenvalue weighted by Crippen LogP contribution is -2.55.